The maximum Gasteiger partial charge on any atom is 0.410 e. The molecule has 6 nitrogen and oxygen atoms in total. The number of hydrogen-bond acceptors (Lipinski definition) is 4. The summed E-state index contributed by atoms with van der Waals surface area (Å²) in [5, 5.41) is 0. The van der Waals surface area contributed by atoms with Gasteiger partial charge in [0, 0.05) is 23.8 Å². The highest BCUT2D eigenvalue weighted by atomic mass is 79.9. The second kappa shape index (κ2) is 6.86. The molecule has 1 aliphatic rings. The molecule has 0 bridgehead atoms. The summed E-state index contributed by atoms with van der Waals surface area (Å²) in [5.74, 6) is -0.0978. The molecule has 1 fully saturated rings. The summed E-state index contributed by atoms with van der Waals surface area (Å²) in [6.07, 6.45) is 1.27. The van der Waals surface area contributed by atoms with Gasteiger partial charge in [0.1, 0.15) is 12.1 Å². The molecule has 7 heteroatoms. The van der Waals surface area contributed by atoms with Gasteiger partial charge in [-0.05, 0) is 55.8 Å². The third-order valence-corrected chi connectivity index (χ3v) is 4.02. The van der Waals surface area contributed by atoms with E-state index in [0.717, 1.165) is 10.2 Å². The summed E-state index contributed by atoms with van der Waals surface area (Å²) in [5.41, 5.74) is 0.263. The molecule has 2 heterocycles. The maximum absolute atomic E-state index is 12.4. The molecule has 1 unspecified atom stereocenters. The third kappa shape index (κ3) is 4.67. The van der Waals surface area contributed by atoms with E-state index in [1.165, 1.54) is 4.90 Å². The summed E-state index contributed by atoms with van der Waals surface area (Å²) in [4.78, 5) is 32.0. The van der Waals surface area contributed by atoms with Crippen molar-refractivity contribution in [3.63, 3.8) is 0 Å². The van der Waals surface area contributed by atoms with E-state index in [2.05, 4.69) is 20.9 Å². The maximum atomic E-state index is 12.4. The van der Waals surface area contributed by atoms with Crippen molar-refractivity contribution in [1.29, 1.82) is 0 Å². The average molecular weight is 384 g/mol. The van der Waals surface area contributed by atoms with E-state index in [9.17, 15) is 9.59 Å². The van der Waals surface area contributed by atoms with Gasteiger partial charge in [-0.15, -0.1) is 0 Å². The lowest BCUT2D eigenvalue weighted by Gasteiger charge is -2.38. The van der Waals surface area contributed by atoms with Gasteiger partial charge in [0.15, 0.2) is 0 Å². The van der Waals surface area contributed by atoms with Crippen LogP contribution in [0.2, 0.25) is 0 Å². The summed E-state index contributed by atoms with van der Waals surface area (Å²) in [6, 6.07) is 3.67. The Morgan fingerprint density at radius 3 is 2.57 bits per heavy atom. The van der Waals surface area contributed by atoms with E-state index in [0.29, 0.717) is 13.1 Å². The Kier molecular flexibility index (Phi) is 5.29. The van der Waals surface area contributed by atoms with Crippen LogP contribution in [0.5, 0.6) is 0 Å². The van der Waals surface area contributed by atoms with E-state index in [-0.39, 0.29) is 18.5 Å². The number of piperazine rings is 1. The SMILES string of the molecule is CC(c1ccc(Br)cn1)N1CCN(C(=O)OC(C)(C)C)CC1=O. The molecule has 1 atom stereocenters. The fourth-order valence-electron chi connectivity index (χ4n) is 2.37. The van der Waals surface area contributed by atoms with Crippen LogP contribution in [0.1, 0.15) is 39.4 Å². The van der Waals surface area contributed by atoms with Crippen LogP contribution in [0.25, 0.3) is 0 Å². The highest BCUT2D eigenvalue weighted by molar-refractivity contribution is 9.10. The molecule has 2 rings (SSSR count). The number of carbonyl (C=O) groups excluding carboxylic acids is 2. The monoisotopic (exact) mass is 383 g/mol. The molecule has 1 aromatic heterocycles. The van der Waals surface area contributed by atoms with Crippen molar-refractivity contribution in [2.45, 2.75) is 39.3 Å². The van der Waals surface area contributed by atoms with Crippen molar-refractivity contribution in [1.82, 2.24) is 14.8 Å². The predicted octanol–water partition coefficient (Wildman–Crippen LogP) is 2.98. The van der Waals surface area contributed by atoms with E-state index in [4.69, 9.17) is 4.74 Å². The van der Waals surface area contributed by atoms with Gasteiger partial charge in [0.25, 0.3) is 0 Å². The molecule has 1 aromatic rings. The Labute approximate surface area is 144 Å². The molecule has 0 saturated carbocycles. The summed E-state index contributed by atoms with van der Waals surface area (Å²) in [6.45, 7) is 8.34. The first-order chi connectivity index (χ1) is 10.7. The lowest BCUT2D eigenvalue weighted by Crippen LogP contribution is -2.53. The van der Waals surface area contributed by atoms with E-state index in [1.807, 2.05) is 39.8 Å². The smallest absolute Gasteiger partial charge is 0.410 e. The quantitative estimate of drug-likeness (QED) is 0.787. The molecule has 0 spiro atoms. The topological polar surface area (TPSA) is 62.7 Å². The van der Waals surface area contributed by atoms with Gasteiger partial charge in [0.05, 0.1) is 11.7 Å². The number of hydrogen-bond donors (Lipinski definition) is 0. The number of pyridine rings is 1. The van der Waals surface area contributed by atoms with E-state index in [1.54, 1.807) is 11.1 Å². The van der Waals surface area contributed by atoms with Crippen molar-refractivity contribution in [2.75, 3.05) is 19.6 Å². The Morgan fingerprint density at radius 2 is 2.04 bits per heavy atom. The highest BCUT2D eigenvalue weighted by Crippen LogP contribution is 2.22. The number of halogens is 1. The zero-order valence-electron chi connectivity index (χ0n) is 13.9. The minimum Gasteiger partial charge on any atom is -0.444 e. The van der Waals surface area contributed by atoms with Gasteiger partial charge in [-0.1, -0.05) is 0 Å². The molecule has 1 aliphatic heterocycles. The first kappa shape index (κ1) is 17.7. The zero-order chi connectivity index (χ0) is 17.2. The first-order valence-corrected chi connectivity index (χ1v) is 8.35. The number of nitrogens with zero attached hydrogens (tertiary/aromatic N) is 3. The molecule has 0 N–H and O–H groups in total. The fraction of sp³-hybridized carbons (Fsp3) is 0.562. The van der Waals surface area contributed by atoms with Crippen molar-refractivity contribution < 1.29 is 14.3 Å². The van der Waals surface area contributed by atoms with Crippen LogP contribution >= 0.6 is 15.9 Å². The molecule has 126 valence electrons. The highest BCUT2D eigenvalue weighted by Gasteiger charge is 2.32. The second-order valence-corrected chi connectivity index (χ2v) is 7.48. The largest absolute Gasteiger partial charge is 0.444 e. The molecule has 2 amide bonds. The lowest BCUT2D eigenvalue weighted by molar-refractivity contribution is -0.138. The first-order valence-electron chi connectivity index (χ1n) is 7.56. The van der Waals surface area contributed by atoms with E-state index < -0.39 is 11.7 Å². The van der Waals surface area contributed by atoms with Gasteiger partial charge >= 0.3 is 6.09 Å². The van der Waals surface area contributed by atoms with Crippen LogP contribution in [0, 0.1) is 0 Å². The van der Waals surface area contributed by atoms with Crippen LogP contribution in [-0.4, -0.2) is 52.0 Å². The Balaban J connectivity index is 2.00. The van der Waals surface area contributed by atoms with Gasteiger partial charge in [-0.3, -0.25) is 14.7 Å². The second-order valence-electron chi connectivity index (χ2n) is 6.57. The average Bonchev–Trinajstić information content (AvgIpc) is 2.45. The molecule has 1 saturated heterocycles. The van der Waals surface area contributed by atoms with Crippen molar-refractivity contribution in [2.24, 2.45) is 0 Å². The van der Waals surface area contributed by atoms with Crippen LogP contribution in [0.4, 0.5) is 4.79 Å². The summed E-state index contributed by atoms with van der Waals surface area (Å²) < 4.78 is 6.22. The molecule has 0 aliphatic carbocycles. The minimum absolute atomic E-state index is 0.0375. The van der Waals surface area contributed by atoms with Gasteiger partial charge in [0.2, 0.25) is 5.91 Å². The number of aromatic nitrogens is 1. The van der Waals surface area contributed by atoms with Gasteiger partial charge < -0.3 is 9.64 Å². The van der Waals surface area contributed by atoms with Crippen LogP contribution < -0.4 is 0 Å². The predicted molar refractivity (Wildman–Crippen MR) is 89.9 cm³/mol. The van der Waals surface area contributed by atoms with Crippen molar-refractivity contribution in [3.8, 4) is 0 Å². The number of ether oxygens (including phenoxy) is 1. The Hall–Kier alpha value is -1.63. The summed E-state index contributed by atoms with van der Waals surface area (Å²) >= 11 is 3.35. The number of amides is 2. The lowest BCUT2D eigenvalue weighted by atomic mass is 10.1. The van der Waals surface area contributed by atoms with Crippen LogP contribution in [-0.2, 0) is 9.53 Å². The molecule has 0 radical (unpaired) electrons. The molecule has 23 heavy (non-hydrogen) atoms. The Bertz CT molecular complexity index is 583. The fourth-order valence-corrected chi connectivity index (χ4v) is 2.61. The minimum atomic E-state index is -0.564. The Morgan fingerprint density at radius 1 is 1.35 bits per heavy atom. The molecular formula is C16H22BrN3O3. The van der Waals surface area contributed by atoms with E-state index >= 15 is 0 Å². The zero-order valence-corrected chi connectivity index (χ0v) is 15.5. The van der Waals surface area contributed by atoms with Gasteiger partial charge in [-0.2, -0.15) is 0 Å². The summed E-state index contributed by atoms with van der Waals surface area (Å²) in [7, 11) is 0. The van der Waals surface area contributed by atoms with Crippen LogP contribution in [0.15, 0.2) is 22.8 Å². The van der Waals surface area contributed by atoms with Crippen molar-refractivity contribution in [3.05, 3.63) is 28.5 Å². The van der Waals surface area contributed by atoms with Crippen LogP contribution in [0.3, 0.4) is 0 Å². The normalized spacial score (nSPS) is 17.2. The molecule has 0 aromatic carbocycles. The standard InChI is InChI=1S/C16H22BrN3O3/c1-11(13-6-5-12(17)9-18-13)20-8-7-19(10-14(20)21)15(22)23-16(2,3)4/h5-6,9,11H,7-8,10H2,1-4H3. The van der Waals surface area contributed by atoms with Crippen molar-refractivity contribution >= 4 is 27.9 Å². The van der Waals surface area contributed by atoms with Gasteiger partial charge in [-0.25, -0.2) is 4.79 Å². The number of rotatable bonds is 2. The third-order valence-electron chi connectivity index (χ3n) is 3.55. The number of carbonyl (C=O) groups is 2. The molecular weight excluding hydrogens is 362 g/mol.